The van der Waals surface area contributed by atoms with Gasteiger partial charge in [-0.2, -0.15) is 0 Å². The van der Waals surface area contributed by atoms with Crippen molar-refractivity contribution in [2.24, 2.45) is 0 Å². The topological polar surface area (TPSA) is 51.8 Å². The highest BCUT2D eigenvalue weighted by Gasteiger charge is 2.17. The molecule has 8 aromatic carbocycles. The molecule has 2 aromatic heterocycles. The van der Waals surface area contributed by atoms with Crippen LogP contribution >= 0.6 is 0 Å². The molecule has 53 heavy (non-hydrogen) atoms. The smallest absolute Gasteiger partial charge is 0.164 e. The van der Waals surface area contributed by atoms with Gasteiger partial charge in [0.2, 0.25) is 0 Å². The van der Waals surface area contributed by atoms with Crippen LogP contribution in [0, 0.1) is 0 Å². The molecule has 0 spiro atoms. The van der Waals surface area contributed by atoms with Crippen LogP contribution in [-0.2, 0) is 0 Å². The maximum Gasteiger partial charge on any atom is 0.164 e. The quantitative estimate of drug-likeness (QED) is 0.176. The second kappa shape index (κ2) is 12.9. The lowest BCUT2D eigenvalue weighted by Crippen LogP contribution is -2.00. The summed E-state index contributed by atoms with van der Waals surface area (Å²) in [6.07, 6.45) is 0. The van der Waals surface area contributed by atoms with Crippen LogP contribution in [0.4, 0.5) is 0 Å². The molecule has 4 nitrogen and oxygen atoms in total. The Kier molecular flexibility index (Phi) is 7.43. The van der Waals surface area contributed by atoms with Crippen LogP contribution < -0.4 is 0 Å². The Morgan fingerprint density at radius 3 is 1.60 bits per heavy atom. The average Bonchev–Trinajstić information content (AvgIpc) is 3.62. The molecule has 0 aliphatic carbocycles. The fourth-order valence-corrected chi connectivity index (χ4v) is 7.24. The first kappa shape index (κ1) is 30.6. The molecular formula is C49H31N3O. The van der Waals surface area contributed by atoms with Crippen molar-refractivity contribution < 1.29 is 4.42 Å². The molecule has 0 fully saturated rings. The van der Waals surface area contributed by atoms with Crippen LogP contribution in [0.3, 0.4) is 0 Å². The molecule has 0 aliphatic heterocycles. The monoisotopic (exact) mass is 677 g/mol. The molecule has 4 heteroatoms. The lowest BCUT2D eigenvalue weighted by Gasteiger charge is -2.10. The van der Waals surface area contributed by atoms with E-state index in [1.165, 1.54) is 21.9 Å². The zero-order valence-corrected chi connectivity index (χ0v) is 28.6. The Hall–Kier alpha value is -7.17. The lowest BCUT2D eigenvalue weighted by atomic mass is 9.96. The summed E-state index contributed by atoms with van der Waals surface area (Å²) in [6.45, 7) is 0. The summed E-state index contributed by atoms with van der Waals surface area (Å²) < 4.78 is 6.53. The first-order valence-electron chi connectivity index (χ1n) is 17.8. The normalized spacial score (nSPS) is 11.4. The van der Waals surface area contributed by atoms with Gasteiger partial charge in [0.1, 0.15) is 11.2 Å². The van der Waals surface area contributed by atoms with Gasteiger partial charge in [-0.25, -0.2) is 15.0 Å². The van der Waals surface area contributed by atoms with Crippen LogP contribution in [0.15, 0.2) is 192 Å². The van der Waals surface area contributed by atoms with E-state index in [1.54, 1.807) is 0 Å². The molecule has 0 amide bonds. The van der Waals surface area contributed by atoms with Gasteiger partial charge in [0, 0.05) is 27.5 Å². The van der Waals surface area contributed by atoms with Crippen molar-refractivity contribution in [2.45, 2.75) is 0 Å². The van der Waals surface area contributed by atoms with Gasteiger partial charge in [0.15, 0.2) is 17.5 Å². The van der Waals surface area contributed by atoms with E-state index in [1.807, 2.05) is 42.5 Å². The van der Waals surface area contributed by atoms with E-state index < -0.39 is 0 Å². The molecule has 0 unspecified atom stereocenters. The minimum absolute atomic E-state index is 0.589. The van der Waals surface area contributed by atoms with Gasteiger partial charge in [-0.05, 0) is 74.5 Å². The maximum absolute atomic E-state index is 6.53. The molecule has 0 N–H and O–H groups in total. The van der Waals surface area contributed by atoms with Crippen molar-refractivity contribution in [3.8, 4) is 67.5 Å². The van der Waals surface area contributed by atoms with Gasteiger partial charge in [0.05, 0.1) is 0 Å². The number of hydrogen-bond acceptors (Lipinski definition) is 4. The molecular weight excluding hydrogens is 647 g/mol. The molecule has 0 saturated heterocycles. The molecule has 2 heterocycles. The highest BCUT2D eigenvalue weighted by atomic mass is 16.3. The number of hydrogen-bond donors (Lipinski definition) is 0. The second-order valence-electron chi connectivity index (χ2n) is 13.3. The van der Waals surface area contributed by atoms with Gasteiger partial charge in [-0.1, -0.05) is 158 Å². The molecule has 10 rings (SSSR count). The standard InChI is InChI=1S/C49H31N3O/c1-3-11-32(12-4-1)38-17-9-18-40(30-38)48-50-47(36-14-5-2-6-15-36)51-49(52-48)41-27-28-43-45(31-41)53-44-20-10-19-42(46(43)44)35-24-21-34(22-25-35)39-26-23-33-13-7-8-16-37(33)29-39/h1-31H. The predicted octanol–water partition coefficient (Wildman–Crippen LogP) is 12.9. The zero-order chi connectivity index (χ0) is 35.1. The van der Waals surface area contributed by atoms with Crippen molar-refractivity contribution >= 4 is 32.7 Å². The number of benzene rings is 8. The fourth-order valence-electron chi connectivity index (χ4n) is 7.24. The summed E-state index contributed by atoms with van der Waals surface area (Å²) in [6, 6.07) is 65.3. The third-order valence-corrected chi connectivity index (χ3v) is 9.93. The number of furan rings is 1. The summed E-state index contributed by atoms with van der Waals surface area (Å²) >= 11 is 0. The molecule has 10 aromatic rings. The fraction of sp³-hybridized carbons (Fsp3) is 0. The minimum Gasteiger partial charge on any atom is -0.456 e. The number of nitrogens with zero attached hydrogens (tertiary/aromatic N) is 3. The SMILES string of the molecule is c1ccc(-c2cccc(-c3nc(-c4ccccc4)nc(-c4ccc5c(c4)oc4cccc(-c6ccc(-c7ccc8ccccc8c7)cc6)c45)n3)c2)cc1. The minimum atomic E-state index is 0.589. The summed E-state index contributed by atoms with van der Waals surface area (Å²) in [5, 5.41) is 4.62. The number of fused-ring (bicyclic) bond motifs is 4. The van der Waals surface area contributed by atoms with Gasteiger partial charge >= 0.3 is 0 Å². The van der Waals surface area contributed by atoms with Crippen LogP contribution in [0.5, 0.6) is 0 Å². The number of rotatable bonds is 6. The van der Waals surface area contributed by atoms with Crippen molar-refractivity contribution in [2.75, 3.05) is 0 Å². The van der Waals surface area contributed by atoms with E-state index in [4.69, 9.17) is 19.4 Å². The van der Waals surface area contributed by atoms with Crippen LogP contribution in [-0.4, -0.2) is 15.0 Å². The Bertz CT molecular complexity index is 2930. The lowest BCUT2D eigenvalue weighted by molar-refractivity contribution is 0.669. The van der Waals surface area contributed by atoms with E-state index in [0.29, 0.717) is 17.5 Å². The van der Waals surface area contributed by atoms with Crippen molar-refractivity contribution in [3.05, 3.63) is 188 Å². The molecule has 0 atom stereocenters. The van der Waals surface area contributed by atoms with Crippen molar-refractivity contribution in [1.29, 1.82) is 0 Å². The first-order valence-corrected chi connectivity index (χ1v) is 17.8. The Morgan fingerprint density at radius 1 is 0.302 bits per heavy atom. The Labute approximate surface area is 306 Å². The summed E-state index contributed by atoms with van der Waals surface area (Å²) in [5.74, 6) is 1.83. The summed E-state index contributed by atoms with van der Waals surface area (Å²) in [5.41, 5.74) is 11.2. The maximum atomic E-state index is 6.53. The van der Waals surface area contributed by atoms with Gasteiger partial charge in [0.25, 0.3) is 0 Å². The van der Waals surface area contributed by atoms with Crippen LogP contribution in [0.1, 0.15) is 0 Å². The van der Waals surface area contributed by atoms with Gasteiger partial charge in [-0.15, -0.1) is 0 Å². The molecule has 0 aliphatic rings. The highest BCUT2D eigenvalue weighted by molar-refractivity contribution is 6.13. The van der Waals surface area contributed by atoms with Crippen molar-refractivity contribution in [3.63, 3.8) is 0 Å². The molecule has 0 bridgehead atoms. The number of aromatic nitrogens is 3. The van der Waals surface area contributed by atoms with Gasteiger partial charge in [-0.3, -0.25) is 0 Å². The summed E-state index contributed by atoms with van der Waals surface area (Å²) in [4.78, 5) is 15.0. The van der Waals surface area contributed by atoms with Crippen LogP contribution in [0.25, 0.3) is 100 Å². The molecule has 0 saturated carbocycles. The Morgan fingerprint density at radius 2 is 0.830 bits per heavy atom. The average molecular weight is 678 g/mol. The van der Waals surface area contributed by atoms with Crippen molar-refractivity contribution in [1.82, 2.24) is 15.0 Å². The third-order valence-electron chi connectivity index (χ3n) is 9.93. The van der Waals surface area contributed by atoms with Gasteiger partial charge < -0.3 is 4.42 Å². The van der Waals surface area contributed by atoms with E-state index in [2.05, 4.69) is 146 Å². The predicted molar refractivity (Wildman–Crippen MR) is 217 cm³/mol. The molecule has 0 radical (unpaired) electrons. The van der Waals surface area contributed by atoms with Crippen LogP contribution in [0.2, 0.25) is 0 Å². The third kappa shape index (κ3) is 5.73. The summed E-state index contributed by atoms with van der Waals surface area (Å²) in [7, 11) is 0. The zero-order valence-electron chi connectivity index (χ0n) is 28.6. The van der Waals surface area contributed by atoms with E-state index >= 15 is 0 Å². The highest BCUT2D eigenvalue weighted by Crippen LogP contribution is 2.39. The first-order chi connectivity index (χ1) is 26.2. The second-order valence-corrected chi connectivity index (χ2v) is 13.3. The van der Waals surface area contributed by atoms with E-state index in [9.17, 15) is 0 Å². The molecule has 248 valence electrons. The van der Waals surface area contributed by atoms with E-state index in [-0.39, 0.29) is 0 Å². The largest absolute Gasteiger partial charge is 0.456 e. The van der Waals surface area contributed by atoms with E-state index in [0.717, 1.165) is 60.9 Å². The Balaban J connectivity index is 1.05.